The van der Waals surface area contributed by atoms with E-state index < -0.39 is 0 Å². The molecular weight excluding hydrogens is 314 g/mol. The summed E-state index contributed by atoms with van der Waals surface area (Å²) >= 11 is 0. The monoisotopic (exact) mass is 339 g/mol. The zero-order valence-electron chi connectivity index (χ0n) is 15.2. The Bertz CT molecular complexity index is 804. The number of benzene rings is 1. The van der Waals surface area contributed by atoms with Gasteiger partial charge in [-0.3, -0.25) is 4.79 Å². The molecule has 25 heavy (non-hydrogen) atoms. The number of hydrogen-bond acceptors (Lipinski definition) is 4. The Morgan fingerprint density at radius 1 is 1.20 bits per heavy atom. The number of hydrogen-bond donors (Lipinski definition) is 0. The maximum atomic E-state index is 12.7. The van der Waals surface area contributed by atoms with Crippen molar-refractivity contribution in [3.8, 4) is 0 Å². The summed E-state index contributed by atoms with van der Waals surface area (Å²) in [7, 11) is 0. The second kappa shape index (κ2) is 5.97. The van der Waals surface area contributed by atoms with Gasteiger partial charge in [0.1, 0.15) is 0 Å². The Morgan fingerprint density at radius 3 is 2.76 bits per heavy atom. The molecule has 1 amide bonds. The van der Waals surface area contributed by atoms with E-state index in [1.807, 2.05) is 4.90 Å². The van der Waals surface area contributed by atoms with E-state index in [1.165, 1.54) is 24.0 Å². The first-order valence-corrected chi connectivity index (χ1v) is 9.18. The van der Waals surface area contributed by atoms with E-state index in [1.54, 1.807) is 0 Å². The minimum Gasteiger partial charge on any atom is -0.339 e. The molecule has 1 fully saturated rings. The normalized spacial score (nSPS) is 20.8. The zero-order chi connectivity index (χ0) is 17.6. The Kier molecular flexibility index (Phi) is 3.89. The quantitative estimate of drug-likeness (QED) is 0.836. The van der Waals surface area contributed by atoms with Crippen LogP contribution in [-0.2, 0) is 23.1 Å². The number of anilines is 1. The molecule has 1 unspecified atom stereocenters. The fourth-order valence-electron chi connectivity index (χ4n) is 3.83. The van der Waals surface area contributed by atoms with Crippen molar-refractivity contribution in [2.24, 2.45) is 0 Å². The number of carbonyl (C=O) groups excluding carboxylic acids is 1. The van der Waals surface area contributed by atoms with Crippen molar-refractivity contribution in [3.05, 3.63) is 41.0 Å². The average molecular weight is 339 g/mol. The first kappa shape index (κ1) is 16.3. The van der Waals surface area contributed by atoms with Gasteiger partial charge in [-0.1, -0.05) is 38.1 Å². The molecule has 132 valence electrons. The average Bonchev–Trinajstić information content (AvgIpc) is 3.21. The highest BCUT2D eigenvalue weighted by Crippen LogP contribution is 2.36. The fourth-order valence-corrected chi connectivity index (χ4v) is 3.83. The van der Waals surface area contributed by atoms with Gasteiger partial charge >= 0.3 is 0 Å². The van der Waals surface area contributed by atoms with E-state index >= 15 is 0 Å². The molecule has 2 heterocycles. The van der Waals surface area contributed by atoms with Gasteiger partial charge in [-0.2, -0.15) is 4.98 Å². The van der Waals surface area contributed by atoms with E-state index in [4.69, 9.17) is 4.52 Å². The van der Waals surface area contributed by atoms with E-state index in [2.05, 4.69) is 49.1 Å². The predicted octanol–water partition coefficient (Wildman–Crippen LogP) is 3.77. The van der Waals surface area contributed by atoms with Crippen LogP contribution >= 0.6 is 0 Å². The van der Waals surface area contributed by atoms with Crippen molar-refractivity contribution in [2.75, 3.05) is 11.4 Å². The molecule has 0 radical (unpaired) electrons. The third-order valence-corrected chi connectivity index (χ3v) is 5.25. The zero-order valence-corrected chi connectivity index (χ0v) is 15.2. The molecule has 0 spiro atoms. The van der Waals surface area contributed by atoms with Gasteiger partial charge in [0.15, 0.2) is 5.82 Å². The molecule has 1 aliphatic carbocycles. The van der Waals surface area contributed by atoms with Gasteiger partial charge < -0.3 is 9.42 Å². The van der Waals surface area contributed by atoms with Crippen LogP contribution in [-0.4, -0.2) is 22.6 Å². The van der Waals surface area contributed by atoms with Crippen LogP contribution in [0.25, 0.3) is 0 Å². The van der Waals surface area contributed by atoms with E-state index in [0.29, 0.717) is 24.7 Å². The number of rotatable bonds is 2. The first-order chi connectivity index (χ1) is 11.9. The van der Waals surface area contributed by atoms with Crippen LogP contribution in [0.5, 0.6) is 0 Å². The molecule has 0 bridgehead atoms. The lowest BCUT2D eigenvalue weighted by Gasteiger charge is -2.25. The third-order valence-electron chi connectivity index (χ3n) is 5.25. The van der Waals surface area contributed by atoms with Crippen molar-refractivity contribution in [2.45, 2.75) is 64.2 Å². The number of amides is 1. The number of carbonyl (C=O) groups is 1. The Balaban J connectivity index is 1.60. The topological polar surface area (TPSA) is 59.2 Å². The Morgan fingerprint density at radius 2 is 2.00 bits per heavy atom. The van der Waals surface area contributed by atoms with Gasteiger partial charge in [-0.15, -0.1) is 0 Å². The van der Waals surface area contributed by atoms with Crippen molar-refractivity contribution in [3.63, 3.8) is 0 Å². The number of nitrogens with zero attached hydrogens (tertiary/aromatic N) is 3. The van der Waals surface area contributed by atoms with Crippen LogP contribution in [0, 0.1) is 0 Å². The molecule has 1 atom stereocenters. The molecule has 1 aromatic carbocycles. The third kappa shape index (κ3) is 2.96. The van der Waals surface area contributed by atoms with E-state index in [-0.39, 0.29) is 17.2 Å². The highest BCUT2D eigenvalue weighted by Gasteiger charge is 2.37. The second-order valence-electron chi connectivity index (χ2n) is 8.23. The molecule has 1 aliphatic heterocycles. The standard InChI is InChI=1S/C20H25N3O2/c1-20(2,3)19-21-18(25-22-19)14-11-17(24)23(12-14)16-10-6-8-13-7-4-5-9-15(13)16/h6,8,10,14H,4-5,7,9,11-12H2,1-3H3. The van der Waals surface area contributed by atoms with Crippen LogP contribution < -0.4 is 4.90 Å². The molecule has 2 aromatic rings. The summed E-state index contributed by atoms with van der Waals surface area (Å²) in [5.74, 6) is 1.42. The van der Waals surface area contributed by atoms with Crippen LogP contribution in [0.15, 0.2) is 22.7 Å². The molecule has 0 saturated carbocycles. The molecule has 4 rings (SSSR count). The smallest absolute Gasteiger partial charge is 0.232 e. The number of aryl methyl sites for hydroxylation is 1. The molecule has 1 saturated heterocycles. The van der Waals surface area contributed by atoms with Crippen LogP contribution in [0.4, 0.5) is 5.69 Å². The maximum absolute atomic E-state index is 12.7. The maximum Gasteiger partial charge on any atom is 0.232 e. The predicted molar refractivity (Wildman–Crippen MR) is 95.8 cm³/mol. The minimum absolute atomic E-state index is 0.0180. The largest absolute Gasteiger partial charge is 0.339 e. The van der Waals surface area contributed by atoms with Gasteiger partial charge in [-0.05, 0) is 42.9 Å². The summed E-state index contributed by atoms with van der Waals surface area (Å²) in [6, 6.07) is 6.35. The van der Waals surface area contributed by atoms with Crippen molar-refractivity contribution >= 4 is 11.6 Å². The summed E-state index contributed by atoms with van der Waals surface area (Å²) in [6.07, 6.45) is 5.07. The van der Waals surface area contributed by atoms with Crippen LogP contribution in [0.3, 0.4) is 0 Å². The summed E-state index contributed by atoms with van der Waals surface area (Å²) < 4.78 is 5.48. The number of fused-ring (bicyclic) bond motifs is 1. The molecule has 5 nitrogen and oxygen atoms in total. The fraction of sp³-hybridized carbons (Fsp3) is 0.550. The van der Waals surface area contributed by atoms with Crippen LogP contribution in [0.1, 0.15) is 68.8 Å². The van der Waals surface area contributed by atoms with Gasteiger partial charge in [0.05, 0.1) is 5.92 Å². The minimum atomic E-state index is -0.150. The van der Waals surface area contributed by atoms with E-state index in [9.17, 15) is 4.79 Å². The Hall–Kier alpha value is -2.17. The molecule has 5 heteroatoms. The Labute approximate surface area is 148 Å². The highest BCUT2D eigenvalue weighted by molar-refractivity contribution is 5.97. The summed E-state index contributed by atoms with van der Waals surface area (Å²) in [5, 5.41) is 4.11. The molecule has 1 aromatic heterocycles. The lowest BCUT2D eigenvalue weighted by atomic mass is 9.90. The first-order valence-electron chi connectivity index (χ1n) is 9.18. The molecule has 0 N–H and O–H groups in total. The highest BCUT2D eigenvalue weighted by atomic mass is 16.5. The van der Waals surface area contributed by atoms with E-state index in [0.717, 1.165) is 18.5 Å². The van der Waals surface area contributed by atoms with Crippen molar-refractivity contribution < 1.29 is 9.32 Å². The van der Waals surface area contributed by atoms with Crippen molar-refractivity contribution in [1.29, 1.82) is 0 Å². The second-order valence-corrected chi connectivity index (χ2v) is 8.23. The summed E-state index contributed by atoms with van der Waals surface area (Å²) in [4.78, 5) is 19.2. The van der Waals surface area contributed by atoms with Gasteiger partial charge in [0, 0.05) is 24.1 Å². The lowest BCUT2D eigenvalue weighted by molar-refractivity contribution is -0.117. The summed E-state index contributed by atoms with van der Waals surface area (Å²) in [5.41, 5.74) is 3.68. The van der Waals surface area contributed by atoms with Gasteiger partial charge in [0.25, 0.3) is 0 Å². The van der Waals surface area contributed by atoms with Gasteiger partial charge in [0.2, 0.25) is 11.8 Å². The lowest BCUT2D eigenvalue weighted by Crippen LogP contribution is -2.26. The van der Waals surface area contributed by atoms with Crippen molar-refractivity contribution in [1.82, 2.24) is 10.1 Å². The molecule has 2 aliphatic rings. The van der Waals surface area contributed by atoms with Gasteiger partial charge in [-0.25, -0.2) is 0 Å². The van der Waals surface area contributed by atoms with Crippen LogP contribution in [0.2, 0.25) is 0 Å². The number of aromatic nitrogens is 2. The molecular formula is C20H25N3O2. The summed E-state index contributed by atoms with van der Waals surface area (Å²) in [6.45, 7) is 6.80. The SMILES string of the molecule is CC(C)(C)c1noc(C2CC(=O)N(c3cccc4c3CCCC4)C2)n1.